The highest BCUT2D eigenvalue weighted by atomic mass is 16.5. The van der Waals surface area contributed by atoms with E-state index in [-0.39, 0.29) is 17.6 Å². The molecule has 0 atom stereocenters. The zero-order valence-corrected chi connectivity index (χ0v) is 13.0. The molecule has 0 unspecified atom stereocenters. The summed E-state index contributed by atoms with van der Waals surface area (Å²) >= 11 is 0. The zero-order valence-electron chi connectivity index (χ0n) is 13.0. The van der Waals surface area contributed by atoms with E-state index in [4.69, 9.17) is 4.74 Å². The van der Waals surface area contributed by atoms with Gasteiger partial charge in [0.25, 0.3) is 5.91 Å². The van der Waals surface area contributed by atoms with Gasteiger partial charge in [-0.2, -0.15) is 5.10 Å². The van der Waals surface area contributed by atoms with Gasteiger partial charge >= 0.3 is 5.97 Å². The number of amides is 1. The molecule has 0 bridgehead atoms. The highest BCUT2D eigenvalue weighted by molar-refractivity contribution is 5.96. The normalized spacial score (nSPS) is 14.7. The molecule has 0 saturated heterocycles. The highest BCUT2D eigenvalue weighted by Gasteiger charge is 2.23. The molecule has 1 aliphatic carbocycles. The minimum atomic E-state index is -0.561. The van der Waals surface area contributed by atoms with E-state index >= 15 is 0 Å². The average Bonchev–Trinajstić information content (AvgIpc) is 3.24. The van der Waals surface area contributed by atoms with Crippen molar-refractivity contribution >= 4 is 11.9 Å². The molecular weight excluding hydrogens is 294 g/mol. The molecule has 1 saturated carbocycles. The Morgan fingerprint density at radius 1 is 1.22 bits per heavy atom. The summed E-state index contributed by atoms with van der Waals surface area (Å²) in [5, 5.41) is 7.25. The number of carbonyl (C=O) groups is 2. The summed E-state index contributed by atoms with van der Waals surface area (Å²) in [6, 6.07) is 10.9. The number of rotatable bonds is 4. The van der Waals surface area contributed by atoms with E-state index < -0.39 is 5.97 Å². The van der Waals surface area contributed by atoms with Crippen LogP contribution >= 0.6 is 0 Å². The van der Waals surface area contributed by atoms with E-state index in [2.05, 4.69) is 10.4 Å². The SMILES string of the molecule is COC(=O)c1cc(C(=O)NC2CCCC2)n(-c2ccccc2)n1. The van der Waals surface area contributed by atoms with Crippen molar-refractivity contribution in [2.45, 2.75) is 31.7 Å². The number of para-hydroxylation sites is 1. The monoisotopic (exact) mass is 313 g/mol. The van der Waals surface area contributed by atoms with Crippen LogP contribution < -0.4 is 5.32 Å². The second-order valence-electron chi connectivity index (χ2n) is 5.61. The highest BCUT2D eigenvalue weighted by Crippen LogP contribution is 2.19. The third-order valence-electron chi connectivity index (χ3n) is 4.03. The van der Waals surface area contributed by atoms with Gasteiger partial charge < -0.3 is 10.1 Å². The average molecular weight is 313 g/mol. The van der Waals surface area contributed by atoms with Crippen LogP contribution in [0.25, 0.3) is 5.69 Å². The molecule has 0 aliphatic heterocycles. The molecule has 120 valence electrons. The molecule has 1 fully saturated rings. The van der Waals surface area contributed by atoms with Gasteiger partial charge in [0.2, 0.25) is 0 Å². The number of esters is 1. The Kier molecular flexibility index (Phi) is 4.41. The zero-order chi connectivity index (χ0) is 16.2. The second kappa shape index (κ2) is 6.64. The van der Waals surface area contributed by atoms with Gasteiger partial charge in [-0.15, -0.1) is 0 Å². The molecule has 6 heteroatoms. The minimum absolute atomic E-state index is 0.118. The summed E-state index contributed by atoms with van der Waals surface area (Å²) < 4.78 is 6.19. The summed E-state index contributed by atoms with van der Waals surface area (Å²) in [4.78, 5) is 24.3. The summed E-state index contributed by atoms with van der Waals surface area (Å²) in [5.41, 5.74) is 1.18. The van der Waals surface area contributed by atoms with Crippen molar-refractivity contribution in [1.82, 2.24) is 15.1 Å². The summed E-state index contributed by atoms with van der Waals surface area (Å²) in [5.74, 6) is -0.780. The number of aromatic nitrogens is 2. The van der Waals surface area contributed by atoms with Crippen LogP contribution in [0.3, 0.4) is 0 Å². The fourth-order valence-corrected chi connectivity index (χ4v) is 2.84. The molecule has 1 aliphatic rings. The van der Waals surface area contributed by atoms with Gasteiger partial charge in [-0.3, -0.25) is 4.79 Å². The first kappa shape index (κ1) is 15.3. The van der Waals surface area contributed by atoms with E-state index in [0.29, 0.717) is 5.69 Å². The predicted octanol–water partition coefficient (Wildman–Crippen LogP) is 2.33. The Morgan fingerprint density at radius 2 is 1.91 bits per heavy atom. The maximum atomic E-state index is 12.6. The number of hydrogen-bond acceptors (Lipinski definition) is 4. The Labute approximate surface area is 134 Å². The molecule has 1 N–H and O–H groups in total. The topological polar surface area (TPSA) is 73.2 Å². The van der Waals surface area contributed by atoms with E-state index in [9.17, 15) is 9.59 Å². The van der Waals surface area contributed by atoms with Gasteiger partial charge in [-0.25, -0.2) is 9.48 Å². The van der Waals surface area contributed by atoms with Crippen LogP contribution in [-0.4, -0.2) is 34.8 Å². The molecule has 0 radical (unpaired) electrons. The number of carbonyl (C=O) groups excluding carboxylic acids is 2. The van der Waals surface area contributed by atoms with Crippen LogP contribution in [0.15, 0.2) is 36.4 Å². The van der Waals surface area contributed by atoms with Crippen LogP contribution in [0.4, 0.5) is 0 Å². The lowest BCUT2D eigenvalue weighted by Gasteiger charge is -2.12. The molecule has 1 amide bonds. The largest absolute Gasteiger partial charge is 0.464 e. The van der Waals surface area contributed by atoms with E-state index in [0.717, 1.165) is 31.4 Å². The van der Waals surface area contributed by atoms with Crippen molar-refractivity contribution < 1.29 is 14.3 Å². The first-order valence-electron chi connectivity index (χ1n) is 7.73. The Bertz CT molecular complexity index is 703. The number of nitrogens with zero attached hydrogens (tertiary/aromatic N) is 2. The third-order valence-corrected chi connectivity index (χ3v) is 4.03. The molecule has 1 heterocycles. The molecule has 1 aromatic carbocycles. The fourth-order valence-electron chi connectivity index (χ4n) is 2.84. The number of nitrogens with one attached hydrogen (secondary N) is 1. The minimum Gasteiger partial charge on any atom is -0.464 e. The fraction of sp³-hybridized carbons (Fsp3) is 0.353. The molecule has 0 spiro atoms. The predicted molar refractivity (Wildman–Crippen MR) is 84.6 cm³/mol. The number of ether oxygens (including phenoxy) is 1. The molecule has 2 aromatic rings. The van der Waals surface area contributed by atoms with Crippen LogP contribution in [0.2, 0.25) is 0 Å². The Morgan fingerprint density at radius 3 is 2.57 bits per heavy atom. The molecule has 1 aromatic heterocycles. The summed E-state index contributed by atoms with van der Waals surface area (Å²) in [6.45, 7) is 0. The summed E-state index contributed by atoms with van der Waals surface area (Å²) in [6.07, 6.45) is 4.26. The summed E-state index contributed by atoms with van der Waals surface area (Å²) in [7, 11) is 1.29. The maximum absolute atomic E-state index is 12.6. The Balaban J connectivity index is 1.94. The molecular formula is C17H19N3O3. The van der Waals surface area contributed by atoms with Crippen molar-refractivity contribution in [2.75, 3.05) is 7.11 Å². The third kappa shape index (κ3) is 3.26. The Hall–Kier alpha value is -2.63. The lowest BCUT2D eigenvalue weighted by molar-refractivity contribution is 0.0593. The number of methoxy groups -OCH3 is 1. The van der Waals surface area contributed by atoms with Gasteiger partial charge in [0.05, 0.1) is 12.8 Å². The van der Waals surface area contributed by atoms with Crippen molar-refractivity contribution in [1.29, 1.82) is 0 Å². The van der Waals surface area contributed by atoms with Gasteiger partial charge in [0.1, 0.15) is 5.69 Å². The van der Waals surface area contributed by atoms with Crippen LogP contribution in [0.5, 0.6) is 0 Å². The van der Waals surface area contributed by atoms with Crippen molar-refractivity contribution in [3.63, 3.8) is 0 Å². The maximum Gasteiger partial charge on any atom is 0.358 e. The van der Waals surface area contributed by atoms with Crippen LogP contribution in [0, 0.1) is 0 Å². The first-order valence-corrected chi connectivity index (χ1v) is 7.73. The molecule has 23 heavy (non-hydrogen) atoms. The standard InChI is InChI=1S/C17H19N3O3/c1-23-17(22)14-11-15(16(21)18-12-7-5-6-8-12)20(19-14)13-9-3-2-4-10-13/h2-4,9-12H,5-8H2,1H3,(H,18,21). The van der Waals surface area contributed by atoms with Gasteiger partial charge in [0.15, 0.2) is 5.69 Å². The lowest BCUT2D eigenvalue weighted by Crippen LogP contribution is -2.33. The van der Waals surface area contributed by atoms with Crippen LogP contribution in [0.1, 0.15) is 46.7 Å². The number of benzene rings is 1. The lowest BCUT2D eigenvalue weighted by atomic mass is 10.2. The van der Waals surface area contributed by atoms with Crippen molar-refractivity contribution in [3.8, 4) is 5.69 Å². The number of hydrogen-bond donors (Lipinski definition) is 1. The van der Waals surface area contributed by atoms with Crippen molar-refractivity contribution in [3.05, 3.63) is 47.8 Å². The van der Waals surface area contributed by atoms with E-state index in [1.165, 1.54) is 17.9 Å². The van der Waals surface area contributed by atoms with Gasteiger partial charge in [0, 0.05) is 12.1 Å². The van der Waals surface area contributed by atoms with Crippen LogP contribution in [-0.2, 0) is 4.74 Å². The second-order valence-corrected chi connectivity index (χ2v) is 5.61. The molecule has 6 nitrogen and oxygen atoms in total. The quantitative estimate of drug-likeness (QED) is 0.879. The van der Waals surface area contributed by atoms with E-state index in [1.54, 1.807) is 0 Å². The van der Waals surface area contributed by atoms with Gasteiger partial charge in [-0.05, 0) is 25.0 Å². The first-order chi connectivity index (χ1) is 11.2. The molecule has 3 rings (SSSR count). The van der Waals surface area contributed by atoms with Gasteiger partial charge in [-0.1, -0.05) is 31.0 Å². The smallest absolute Gasteiger partial charge is 0.358 e. The van der Waals surface area contributed by atoms with E-state index in [1.807, 2.05) is 30.3 Å². The van der Waals surface area contributed by atoms with Crippen molar-refractivity contribution in [2.24, 2.45) is 0 Å².